The minimum absolute atomic E-state index is 0.0128. The molecule has 1 aromatic heterocycles. The van der Waals surface area contributed by atoms with Gasteiger partial charge in [-0.25, -0.2) is 0 Å². The fourth-order valence-corrected chi connectivity index (χ4v) is 2.61. The summed E-state index contributed by atoms with van der Waals surface area (Å²) in [4.78, 5) is 24.9. The van der Waals surface area contributed by atoms with E-state index in [1.54, 1.807) is 17.0 Å². The number of furan rings is 1. The molecule has 1 N–H and O–H groups in total. The van der Waals surface area contributed by atoms with Crippen LogP contribution >= 0.6 is 0 Å². The molecular formula is C15H13NO4. The van der Waals surface area contributed by atoms with Gasteiger partial charge in [-0.05, 0) is 23.8 Å². The monoisotopic (exact) mass is 271 g/mol. The average Bonchev–Trinajstić information content (AvgIpc) is 3.06. The highest BCUT2D eigenvalue weighted by Crippen LogP contribution is 2.38. The van der Waals surface area contributed by atoms with E-state index in [4.69, 9.17) is 9.52 Å². The second kappa shape index (κ2) is 4.85. The maximum absolute atomic E-state index is 12.4. The molecule has 0 fully saturated rings. The molecule has 1 aliphatic rings. The normalized spacial score (nSPS) is 17.0. The molecule has 3 rings (SSSR count). The standard InChI is InChI=1S/C15H13NO4/c17-14(18)8-10-9-16(12-5-2-1-4-11(10)12)15(19)13-6-3-7-20-13/h1-7,10H,8-9H2,(H,17,18). The highest BCUT2D eigenvalue weighted by Gasteiger charge is 2.34. The highest BCUT2D eigenvalue weighted by atomic mass is 16.4. The van der Waals surface area contributed by atoms with Crippen LogP contribution in [0.2, 0.25) is 0 Å². The van der Waals surface area contributed by atoms with Crippen molar-refractivity contribution in [2.75, 3.05) is 11.4 Å². The molecule has 5 nitrogen and oxygen atoms in total. The number of carbonyl (C=O) groups excluding carboxylic acids is 1. The lowest BCUT2D eigenvalue weighted by molar-refractivity contribution is -0.137. The van der Waals surface area contributed by atoms with E-state index in [-0.39, 0.29) is 24.0 Å². The number of nitrogens with zero attached hydrogens (tertiary/aromatic N) is 1. The first-order valence-electron chi connectivity index (χ1n) is 6.33. The van der Waals surface area contributed by atoms with Crippen LogP contribution in [-0.2, 0) is 4.79 Å². The van der Waals surface area contributed by atoms with E-state index in [0.29, 0.717) is 6.54 Å². The van der Waals surface area contributed by atoms with E-state index in [9.17, 15) is 9.59 Å². The molecule has 2 aromatic rings. The molecule has 0 bridgehead atoms. The number of hydrogen-bond donors (Lipinski definition) is 1. The second-order valence-corrected chi connectivity index (χ2v) is 4.75. The summed E-state index contributed by atoms with van der Waals surface area (Å²) in [6, 6.07) is 10.7. The molecule has 0 saturated heterocycles. The SMILES string of the molecule is O=C(O)CC1CN(C(=O)c2ccco2)c2ccccc21. The van der Waals surface area contributed by atoms with Gasteiger partial charge in [0, 0.05) is 18.2 Å². The number of carboxylic acid groups (broad SMARTS) is 1. The Kier molecular flexibility index (Phi) is 3.02. The minimum Gasteiger partial charge on any atom is -0.481 e. The van der Waals surface area contributed by atoms with Gasteiger partial charge in [0.15, 0.2) is 5.76 Å². The fraction of sp³-hybridized carbons (Fsp3) is 0.200. The molecule has 0 aliphatic carbocycles. The third-order valence-electron chi connectivity index (χ3n) is 3.47. The summed E-state index contributed by atoms with van der Waals surface area (Å²) in [6.07, 6.45) is 1.46. The Morgan fingerprint density at radius 3 is 2.75 bits per heavy atom. The van der Waals surface area contributed by atoms with Crippen molar-refractivity contribution in [2.45, 2.75) is 12.3 Å². The van der Waals surface area contributed by atoms with Crippen LogP contribution in [0.3, 0.4) is 0 Å². The number of hydrogen-bond acceptors (Lipinski definition) is 3. The zero-order chi connectivity index (χ0) is 14.1. The molecule has 20 heavy (non-hydrogen) atoms. The molecule has 0 radical (unpaired) electrons. The van der Waals surface area contributed by atoms with Gasteiger partial charge in [0.1, 0.15) is 0 Å². The second-order valence-electron chi connectivity index (χ2n) is 4.75. The lowest BCUT2D eigenvalue weighted by Crippen LogP contribution is -2.29. The first-order chi connectivity index (χ1) is 9.66. The molecule has 5 heteroatoms. The van der Waals surface area contributed by atoms with Crippen LogP contribution in [0.15, 0.2) is 47.1 Å². The fourth-order valence-electron chi connectivity index (χ4n) is 2.61. The van der Waals surface area contributed by atoms with E-state index in [1.807, 2.05) is 24.3 Å². The van der Waals surface area contributed by atoms with Crippen LogP contribution in [0.4, 0.5) is 5.69 Å². The molecule has 1 aromatic carbocycles. The number of aliphatic carboxylic acids is 1. The average molecular weight is 271 g/mol. The number of anilines is 1. The predicted molar refractivity (Wildman–Crippen MR) is 71.8 cm³/mol. The Bertz CT molecular complexity index is 648. The largest absolute Gasteiger partial charge is 0.481 e. The number of fused-ring (bicyclic) bond motifs is 1. The molecule has 1 atom stereocenters. The van der Waals surface area contributed by atoms with Gasteiger partial charge in [0.05, 0.1) is 12.7 Å². The molecule has 1 unspecified atom stereocenters. The molecule has 1 amide bonds. The van der Waals surface area contributed by atoms with Gasteiger partial charge < -0.3 is 14.4 Å². The van der Waals surface area contributed by atoms with E-state index >= 15 is 0 Å². The Balaban J connectivity index is 1.94. The summed E-state index contributed by atoms with van der Waals surface area (Å²) < 4.78 is 5.13. The molecule has 0 spiro atoms. The van der Waals surface area contributed by atoms with E-state index < -0.39 is 5.97 Å². The summed E-state index contributed by atoms with van der Waals surface area (Å²) in [6.45, 7) is 0.366. The van der Waals surface area contributed by atoms with E-state index in [1.165, 1.54) is 6.26 Å². The number of carboxylic acids is 1. The molecule has 2 heterocycles. The van der Waals surface area contributed by atoms with Crippen LogP contribution in [-0.4, -0.2) is 23.5 Å². The summed E-state index contributed by atoms with van der Waals surface area (Å²) in [5, 5.41) is 8.99. The molecule has 1 aliphatic heterocycles. The number of amides is 1. The van der Waals surface area contributed by atoms with Crippen molar-refractivity contribution in [2.24, 2.45) is 0 Å². The molecule has 102 valence electrons. The lowest BCUT2D eigenvalue weighted by atomic mass is 9.98. The van der Waals surface area contributed by atoms with Crippen molar-refractivity contribution in [1.29, 1.82) is 0 Å². The van der Waals surface area contributed by atoms with Crippen molar-refractivity contribution < 1.29 is 19.1 Å². The summed E-state index contributed by atoms with van der Waals surface area (Å²) in [5.41, 5.74) is 1.66. The van der Waals surface area contributed by atoms with Crippen LogP contribution in [0, 0.1) is 0 Å². The summed E-state index contributed by atoms with van der Waals surface area (Å²) >= 11 is 0. The topological polar surface area (TPSA) is 70.8 Å². The Morgan fingerprint density at radius 1 is 1.25 bits per heavy atom. The van der Waals surface area contributed by atoms with Crippen LogP contribution < -0.4 is 4.90 Å². The van der Waals surface area contributed by atoms with Crippen molar-refractivity contribution in [1.82, 2.24) is 0 Å². The maximum Gasteiger partial charge on any atom is 0.304 e. The van der Waals surface area contributed by atoms with E-state index in [0.717, 1.165) is 11.3 Å². The van der Waals surface area contributed by atoms with E-state index in [2.05, 4.69) is 0 Å². The zero-order valence-corrected chi connectivity index (χ0v) is 10.7. The summed E-state index contributed by atoms with van der Waals surface area (Å²) in [5.74, 6) is -1.02. The minimum atomic E-state index is -0.864. The van der Waals surface area contributed by atoms with Gasteiger partial charge >= 0.3 is 5.97 Å². The van der Waals surface area contributed by atoms with Crippen LogP contribution in [0.25, 0.3) is 0 Å². The van der Waals surface area contributed by atoms with Gasteiger partial charge in [-0.2, -0.15) is 0 Å². The van der Waals surface area contributed by atoms with Gasteiger partial charge in [-0.3, -0.25) is 9.59 Å². The Hall–Kier alpha value is -2.56. The zero-order valence-electron chi connectivity index (χ0n) is 10.7. The predicted octanol–water partition coefficient (Wildman–Crippen LogP) is 2.50. The number of carbonyl (C=O) groups is 2. The quantitative estimate of drug-likeness (QED) is 0.931. The van der Waals surface area contributed by atoms with Crippen molar-refractivity contribution in [3.8, 4) is 0 Å². The highest BCUT2D eigenvalue weighted by molar-refractivity contribution is 6.05. The van der Waals surface area contributed by atoms with Crippen molar-refractivity contribution in [3.63, 3.8) is 0 Å². The van der Waals surface area contributed by atoms with Crippen LogP contribution in [0.1, 0.15) is 28.5 Å². The number of rotatable bonds is 3. The van der Waals surface area contributed by atoms with Gasteiger partial charge in [0.2, 0.25) is 0 Å². The summed E-state index contributed by atoms with van der Waals surface area (Å²) in [7, 11) is 0. The molecule has 0 saturated carbocycles. The molecular weight excluding hydrogens is 258 g/mol. The Morgan fingerprint density at radius 2 is 2.05 bits per heavy atom. The van der Waals surface area contributed by atoms with Crippen LogP contribution in [0.5, 0.6) is 0 Å². The van der Waals surface area contributed by atoms with Gasteiger partial charge in [0.25, 0.3) is 5.91 Å². The third kappa shape index (κ3) is 2.07. The van der Waals surface area contributed by atoms with Gasteiger partial charge in [-0.1, -0.05) is 18.2 Å². The third-order valence-corrected chi connectivity index (χ3v) is 3.47. The number of benzene rings is 1. The smallest absolute Gasteiger partial charge is 0.304 e. The Labute approximate surface area is 115 Å². The maximum atomic E-state index is 12.4. The first kappa shape index (κ1) is 12.5. The van der Waals surface area contributed by atoms with Crippen molar-refractivity contribution in [3.05, 3.63) is 54.0 Å². The lowest BCUT2D eigenvalue weighted by Gasteiger charge is -2.16. The first-order valence-corrected chi connectivity index (χ1v) is 6.33. The van der Waals surface area contributed by atoms with Gasteiger partial charge in [-0.15, -0.1) is 0 Å². The van der Waals surface area contributed by atoms with Crippen molar-refractivity contribution >= 4 is 17.6 Å². The number of para-hydroxylation sites is 1.